The van der Waals surface area contributed by atoms with Crippen molar-refractivity contribution in [3.8, 4) is 0 Å². The Kier molecular flexibility index (Phi) is 3.70. The van der Waals surface area contributed by atoms with Crippen molar-refractivity contribution >= 4 is 11.6 Å². The van der Waals surface area contributed by atoms with Crippen molar-refractivity contribution < 1.29 is 9.90 Å². The van der Waals surface area contributed by atoms with Crippen LogP contribution in [-0.2, 0) is 0 Å². The molecule has 1 aromatic rings. The van der Waals surface area contributed by atoms with E-state index in [-0.39, 0.29) is 18.6 Å². The number of hydrogen-bond acceptors (Lipinski definition) is 3. The van der Waals surface area contributed by atoms with Gasteiger partial charge in [0.25, 0.3) is 5.91 Å². The van der Waals surface area contributed by atoms with Gasteiger partial charge < -0.3 is 20.3 Å². The number of aliphatic hydroxyl groups is 1. The Morgan fingerprint density at radius 3 is 2.85 bits per heavy atom. The van der Waals surface area contributed by atoms with Crippen molar-refractivity contribution in [1.82, 2.24) is 9.47 Å². The SMILES string of the molecule is Nc1cc(C(=O)N2CCCCC2CCO)n(C2CC2)c1. The zero-order valence-electron chi connectivity index (χ0n) is 11.8. The average Bonchev–Trinajstić information content (AvgIpc) is 3.22. The summed E-state index contributed by atoms with van der Waals surface area (Å²) >= 11 is 0. The summed E-state index contributed by atoms with van der Waals surface area (Å²) < 4.78 is 2.04. The molecule has 1 aliphatic heterocycles. The zero-order valence-corrected chi connectivity index (χ0v) is 11.8. The molecule has 20 heavy (non-hydrogen) atoms. The molecule has 3 rings (SSSR count). The first kappa shape index (κ1) is 13.5. The summed E-state index contributed by atoms with van der Waals surface area (Å²) in [7, 11) is 0. The molecule has 2 heterocycles. The van der Waals surface area contributed by atoms with Gasteiger partial charge in [-0.1, -0.05) is 0 Å². The minimum Gasteiger partial charge on any atom is -0.397 e. The van der Waals surface area contributed by atoms with Crippen LogP contribution >= 0.6 is 0 Å². The molecule has 1 saturated carbocycles. The van der Waals surface area contributed by atoms with Gasteiger partial charge in [0.05, 0.1) is 5.69 Å². The average molecular weight is 277 g/mol. The lowest BCUT2D eigenvalue weighted by Crippen LogP contribution is -2.44. The summed E-state index contributed by atoms with van der Waals surface area (Å²) in [6, 6.07) is 2.42. The molecule has 2 fully saturated rings. The maximum absolute atomic E-state index is 12.8. The number of nitrogens with two attached hydrogens (primary N) is 1. The van der Waals surface area contributed by atoms with E-state index in [0.29, 0.717) is 18.2 Å². The standard InChI is InChI=1S/C15H23N3O2/c16-11-9-14(18(10-11)13-4-5-13)15(20)17-7-2-1-3-12(17)6-8-19/h9-10,12-13,19H,1-8,16H2. The quantitative estimate of drug-likeness (QED) is 0.881. The number of piperidine rings is 1. The molecule has 0 radical (unpaired) electrons. The number of amides is 1. The Balaban J connectivity index is 1.83. The molecule has 110 valence electrons. The smallest absolute Gasteiger partial charge is 0.270 e. The molecule has 2 aliphatic rings. The van der Waals surface area contributed by atoms with E-state index >= 15 is 0 Å². The first-order valence-corrected chi connectivity index (χ1v) is 7.60. The summed E-state index contributed by atoms with van der Waals surface area (Å²) in [5, 5.41) is 9.18. The predicted octanol–water partition coefficient (Wildman–Crippen LogP) is 1.78. The van der Waals surface area contributed by atoms with Gasteiger partial charge in [0.1, 0.15) is 5.69 Å². The Bertz CT molecular complexity index is 491. The molecule has 5 heteroatoms. The van der Waals surface area contributed by atoms with Crippen molar-refractivity contribution in [2.24, 2.45) is 0 Å². The van der Waals surface area contributed by atoms with Crippen molar-refractivity contribution in [1.29, 1.82) is 0 Å². The highest BCUT2D eigenvalue weighted by Crippen LogP contribution is 2.37. The van der Waals surface area contributed by atoms with Gasteiger partial charge in [-0.25, -0.2) is 0 Å². The molecule has 5 nitrogen and oxygen atoms in total. The largest absolute Gasteiger partial charge is 0.397 e. The van der Waals surface area contributed by atoms with Crippen LogP contribution in [-0.4, -0.2) is 39.7 Å². The van der Waals surface area contributed by atoms with Crippen LogP contribution in [0.3, 0.4) is 0 Å². The first-order valence-electron chi connectivity index (χ1n) is 7.60. The van der Waals surface area contributed by atoms with Gasteiger partial charge in [0, 0.05) is 31.4 Å². The molecule has 1 atom stereocenters. The Hall–Kier alpha value is -1.49. The number of rotatable bonds is 4. The van der Waals surface area contributed by atoms with Gasteiger partial charge in [0.15, 0.2) is 0 Å². The highest BCUT2D eigenvalue weighted by Gasteiger charge is 2.32. The number of carbonyl (C=O) groups is 1. The second-order valence-electron chi connectivity index (χ2n) is 5.96. The number of anilines is 1. The third-order valence-corrected chi connectivity index (χ3v) is 4.38. The summed E-state index contributed by atoms with van der Waals surface area (Å²) in [5.74, 6) is 0.0757. The Morgan fingerprint density at radius 2 is 2.15 bits per heavy atom. The molecule has 1 aromatic heterocycles. The zero-order chi connectivity index (χ0) is 14.1. The maximum atomic E-state index is 12.8. The van der Waals surface area contributed by atoms with Crippen LogP contribution in [0.1, 0.15) is 55.1 Å². The lowest BCUT2D eigenvalue weighted by Gasteiger charge is -2.35. The van der Waals surface area contributed by atoms with Crippen molar-refractivity contribution in [2.45, 2.75) is 50.6 Å². The highest BCUT2D eigenvalue weighted by molar-refractivity contribution is 5.94. The fraction of sp³-hybridized carbons (Fsp3) is 0.667. The molecule has 0 spiro atoms. The molecule has 3 N–H and O–H groups in total. The minimum absolute atomic E-state index is 0.0757. The summed E-state index contributed by atoms with van der Waals surface area (Å²) in [6.07, 6.45) is 8.00. The Labute approximate surface area is 119 Å². The van der Waals surface area contributed by atoms with E-state index in [9.17, 15) is 9.90 Å². The third kappa shape index (κ3) is 2.54. The number of nitrogen functional groups attached to an aromatic ring is 1. The van der Waals surface area contributed by atoms with Crippen LogP contribution in [0.25, 0.3) is 0 Å². The fourth-order valence-corrected chi connectivity index (χ4v) is 3.19. The maximum Gasteiger partial charge on any atom is 0.270 e. The normalized spacial score (nSPS) is 23.1. The summed E-state index contributed by atoms with van der Waals surface area (Å²) in [4.78, 5) is 14.8. The summed E-state index contributed by atoms with van der Waals surface area (Å²) in [5.41, 5.74) is 7.25. The number of aromatic nitrogens is 1. The van der Waals surface area contributed by atoms with Crippen LogP contribution in [0.15, 0.2) is 12.3 Å². The van der Waals surface area contributed by atoms with E-state index < -0.39 is 0 Å². The first-order chi connectivity index (χ1) is 9.70. The number of nitrogens with zero attached hydrogens (tertiary/aromatic N) is 2. The van der Waals surface area contributed by atoms with Crippen LogP contribution in [0, 0.1) is 0 Å². The predicted molar refractivity (Wildman–Crippen MR) is 77.5 cm³/mol. The molecule has 1 unspecified atom stereocenters. The van der Waals surface area contributed by atoms with Gasteiger partial charge in [-0.05, 0) is 44.6 Å². The van der Waals surface area contributed by atoms with E-state index in [4.69, 9.17) is 5.73 Å². The number of aliphatic hydroxyl groups excluding tert-OH is 1. The second kappa shape index (κ2) is 5.48. The van der Waals surface area contributed by atoms with E-state index in [1.807, 2.05) is 15.7 Å². The summed E-state index contributed by atoms with van der Waals surface area (Å²) in [6.45, 7) is 0.930. The van der Waals surface area contributed by atoms with Crippen molar-refractivity contribution in [3.63, 3.8) is 0 Å². The molecular formula is C15H23N3O2. The number of likely N-dealkylation sites (tertiary alicyclic amines) is 1. The second-order valence-corrected chi connectivity index (χ2v) is 5.96. The molecule has 1 amide bonds. The van der Waals surface area contributed by atoms with Crippen molar-refractivity contribution in [3.05, 3.63) is 18.0 Å². The van der Waals surface area contributed by atoms with Crippen molar-refractivity contribution in [2.75, 3.05) is 18.9 Å². The fourth-order valence-electron chi connectivity index (χ4n) is 3.19. The third-order valence-electron chi connectivity index (χ3n) is 4.38. The van der Waals surface area contributed by atoms with Gasteiger partial charge >= 0.3 is 0 Å². The van der Waals surface area contributed by atoms with Gasteiger partial charge in [0.2, 0.25) is 0 Å². The van der Waals surface area contributed by atoms with E-state index in [2.05, 4.69) is 0 Å². The Morgan fingerprint density at radius 1 is 1.35 bits per heavy atom. The molecule has 1 aliphatic carbocycles. The minimum atomic E-state index is 0.0757. The number of hydrogen-bond donors (Lipinski definition) is 2. The van der Waals surface area contributed by atoms with Gasteiger partial charge in [-0.15, -0.1) is 0 Å². The molecule has 0 bridgehead atoms. The molecular weight excluding hydrogens is 254 g/mol. The van der Waals surface area contributed by atoms with Crippen LogP contribution < -0.4 is 5.73 Å². The lowest BCUT2D eigenvalue weighted by atomic mass is 9.99. The van der Waals surface area contributed by atoms with Crippen LogP contribution in [0.4, 0.5) is 5.69 Å². The highest BCUT2D eigenvalue weighted by atomic mass is 16.3. The molecule has 1 saturated heterocycles. The van der Waals surface area contributed by atoms with E-state index in [0.717, 1.165) is 44.3 Å². The van der Waals surface area contributed by atoms with E-state index in [1.165, 1.54) is 0 Å². The van der Waals surface area contributed by atoms with Crippen LogP contribution in [0.2, 0.25) is 0 Å². The van der Waals surface area contributed by atoms with Gasteiger partial charge in [-0.2, -0.15) is 0 Å². The van der Waals surface area contributed by atoms with E-state index in [1.54, 1.807) is 6.07 Å². The van der Waals surface area contributed by atoms with Crippen LogP contribution in [0.5, 0.6) is 0 Å². The molecule has 0 aromatic carbocycles. The topological polar surface area (TPSA) is 71.5 Å². The lowest BCUT2D eigenvalue weighted by molar-refractivity contribution is 0.0563. The van der Waals surface area contributed by atoms with Gasteiger partial charge in [-0.3, -0.25) is 4.79 Å². The monoisotopic (exact) mass is 277 g/mol. The number of carbonyl (C=O) groups excluding carboxylic acids is 1.